The minimum atomic E-state index is 1.13. The van der Waals surface area contributed by atoms with Crippen LogP contribution in [0.1, 0.15) is 22.3 Å². The summed E-state index contributed by atoms with van der Waals surface area (Å²) >= 11 is 0. The highest BCUT2D eigenvalue weighted by atomic mass is 15.1. The monoisotopic (exact) mass is 1200 g/mol. The topological polar surface area (TPSA) is 6.48 Å². The molecule has 2 nitrogen and oxygen atoms in total. The van der Waals surface area contributed by atoms with Crippen molar-refractivity contribution in [2.45, 2.75) is 0 Å². The molecule has 17 rings (SSSR count). The van der Waals surface area contributed by atoms with E-state index < -0.39 is 0 Å². The van der Waals surface area contributed by atoms with E-state index in [2.05, 4.69) is 398 Å². The Balaban J connectivity index is 0.000000149. The summed E-state index contributed by atoms with van der Waals surface area (Å²) in [5.41, 5.74) is 16.5. The molecular formula is C92H64N2. The maximum Gasteiger partial charge on any atom is 0.0462 e. The first kappa shape index (κ1) is 56.8. The van der Waals surface area contributed by atoms with E-state index in [1.807, 2.05) is 0 Å². The average Bonchev–Trinajstić information content (AvgIpc) is 0.727. The van der Waals surface area contributed by atoms with Crippen molar-refractivity contribution in [2.24, 2.45) is 0 Å². The average molecular weight is 1200 g/mol. The third-order valence-corrected chi connectivity index (χ3v) is 18.2. The van der Waals surface area contributed by atoms with Crippen molar-refractivity contribution < 1.29 is 0 Å². The molecule has 0 aliphatic carbocycles. The summed E-state index contributed by atoms with van der Waals surface area (Å²) in [5, 5.41) is 18.0. The molecule has 0 saturated heterocycles. The Morgan fingerprint density at radius 2 is 0.372 bits per heavy atom. The SMILES string of the molecule is C(=C\c1ccc(N(c2ccccc2)c2ccccc2)cc1)/c1ccc(/C=C/c2ccc(N(c3ccccc3)c3ccccc3)cc2)cc1.c1ccc2c(c1)cc(-c1cc3cc(-c4cc5ccccc5c5ccccc45)c4ccccc4c3c3ccccc13)c1ccccc12. The minimum Gasteiger partial charge on any atom is -0.311 e. The van der Waals surface area contributed by atoms with Crippen molar-refractivity contribution in [1.29, 1.82) is 0 Å². The smallest absolute Gasteiger partial charge is 0.0462 e. The van der Waals surface area contributed by atoms with Gasteiger partial charge in [0.15, 0.2) is 0 Å². The molecule has 442 valence electrons. The zero-order valence-corrected chi connectivity index (χ0v) is 51.8. The quantitative estimate of drug-likeness (QED) is 0.0889. The van der Waals surface area contributed by atoms with E-state index in [1.165, 1.54) is 97.7 Å². The Bertz CT molecular complexity index is 5200. The Hall–Kier alpha value is -12.4. The molecule has 0 aromatic heterocycles. The van der Waals surface area contributed by atoms with Crippen LogP contribution in [-0.2, 0) is 0 Å². The molecule has 2 heteroatoms. The fraction of sp³-hybridized carbons (Fsp3) is 0. The summed E-state index contributed by atoms with van der Waals surface area (Å²) in [5.74, 6) is 0. The number of benzene rings is 17. The molecule has 0 N–H and O–H groups in total. The number of para-hydroxylation sites is 4. The predicted molar refractivity (Wildman–Crippen MR) is 406 cm³/mol. The molecular weight excluding hydrogens is 1130 g/mol. The molecule has 0 bridgehead atoms. The molecule has 0 unspecified atom stereocenters. The highest BCUT2D eigenvalue weighted by Crippen LogP contribution is 2.47. The van der Waals surface area contributed by atoms with Crippen molar-refractivity contribution in [2.75, 3.05) is 9.80 Å². The molecule has 0 fully saturated rings. The van der Waals surface area contributed by atoms with Crippen LogP contribution in [0.5, 0.6) is 0 Å². The van der Waals surface area contributed by atoms with Gasteiger partial charge in [0.05, 0.1) is 0 Å². The van der Waals surface area contributed by atoms with Crippen LogP contribution >= 0.6 is 0 Å². The highest BCUT2D eigenvalue weighted by Gasteiger charge is 2.20. The van der Waals surface area contributed by atoms with Gasteiger partial charge in [-0.15, -0.1) is 0 Å². The third-order valence-electron chi connectivity index (χ3n) is 18.2. The van der Waals surface area contributed by atoms with Crippen molar-refractivity contribution in [1.82, 2.24) is 0 Å². The summed E-state index contributed by atoms with van der Waals surface area (Å²) in [6, 6.07) is 131. The predicted octanol–water partition coefficient (Wildman–Crippen LogP) is 26.1. The zero-order chi connectivity index (χ0) is 62.6. The van der Waals surface area contributed by atoms with Crippen molar-refractivity contribution in [3.63, 3.8) is 0 Å². The number of hydrogen-bond donors (Lipinski definition) is 0. The van der Waals surface area contributed by atoms with E-state index in [1.54, 1.807) is 0 Å². The van der Waals surface area contributed by atoms with Crippen LogP contribution in [-0.4, -0.2) is 0 Å². The molecule has 17 aromatic rings. The summed E-state index contributed by atoms with van der Waals surface area (Å²) < 4.78 is 0. The Kier molecular flexibility index (Phi) is 15.4. The second-order valence-corrected chi connectivity index (χ2v) is 23.9. The van der Waals surface area contributed by atoms with E-state index in [9.17, 15) is 0 Å². The van der Waals surface area contributed by atoms with Crippen LogP contribution in [0.25, 0.3) is 122 Å². The van der Waals surface area contributed by atoms with Gasteiger partial charge in [-0.3, -0.25) is 0 Å². The number of anilines is 6. The van der Waals surface area contributed by atoms with Crippen LogP contribution in [0, 0.1) is 0 Å². The fourth-order valence-electron chi connectivity index (χ4n) is 13.8. The summed E-state index contributed by atoms with van der Waals surface area (Å²) in [7, 11) is 0. The number of nitrogens with zero attached hydrogens (tertiary/aromatic N) is 2. The molecule has 0 heterocycles. The van der Waals surface area contributed by atoms with Gasteiger partial charge in [-0.25, -0.2) is 0 Å². The van der Waals surface area contributed by atoms with Gasteiger partial charge in [-0.05, 0) is 217 Å². The molecule has 0 aliphatic rings. The fourth-order valence-corrected chi connectivity index (χ4v) is 13.8. The zero-order valence-electron chi connectivity index (χ0n) is 51.8. The van der Waals surface area contributed by atoms with Gasteiger partial charge in [-0.1, -0.05) is 291 Å². The normalized spacial score (nSPS) is 11.5. The van der Waals surface area contributed by atoms with E-state index >= 15 is 0 Å². The minimum absolute atomic E-state index is 1.13. The maximum absolute atomic E-state index is 2.45. The highest BCUT2D eigenvalue weighted by molar-refractivity contribution is 6.28. The molecule has 17 aromatic carbocycles. The molecule has 94 heavy (non-hydrogen) atoms. The van der Waals surface area contributed by atoms with Crippen molar-refractivity contribution in [3.05, 3.63) is 386 Å². The number of hydrogen-bond acceptors (Lipinski definition) is 2. The Morgan fingerprint density at radius 1 is 0.160 bits per heavy atom. The Labute approximate surface area is 548 Å². The maximum atomic E-state index is 2.45. The molecule has 0 radical (unpaired) electrons. The second kappa shape index (κ2) is 25.5. The van der Waals surface area contributed by atoms with Crippen LogP contribution in [0.15, 0.2) is 364 Å². The lowest BCUT2D eigenvalue weighted by molar-refractivity contribution is 1.28. The molecule has 0 spiro atoms. The lowest BCUT2D eigenvalue weighted by atomic mass is 9.85. The van der Waals surface area contributed by atoms with Gasteiger partial charge < -0.3 is 9.80 Å². The largest absolute Gasteiger partial charge is 0.311 e. The lowest BCUT2D eigenvalue weighted by Crippen LogP contribution is -2.09. The molecule has 0 aliphatic heterocycles. The van der Waals surface area contributed by atoms with Crippen LogP contribution in [0.2, 0.25) is 0 Å². The van der Waals surface area contributed by atoms with Crippen LogP contribution in [0.4, 0.5) is 34.1 Å². The van der Waals surface area contributed by atoms with E-state index in [0.29, 0.717) is 0 Å². The molecule has 0 saturated carbocycles. The molecule has 0 amide bonds. The van der Waals surface area contributed by atoms with Crippen molar-refractivity contribution in [3.8, 4) is 22.3 Å². The number of fused-ring (bicyclic) bond motifs is 11. The van der Waals surface area contributed by atoms with Gasteiger partial charge in [-0.2, -0.15) is 0 Å². The van der Waals surface area contributed by atoms with E-state index in [-0.39, 0.29) is 0 Å². The van der Waals surface area contributed by atoms with Gasteiger partial charge in [0, 0.05) is 34.1 Å². The van der Waals surface area contributed by atoms with Gasteiger partial charge in [0.2, 0.25) is 0 Å². The Morgan fingerprint density at radius 3 is 0.681 bits per heavy atom. The van der Waals surface area contributed by atoms with Crippen LogP contribution in [0.3, 0.4) is 0 Å². The lowest BCUT2D eigenvalue weighted by Gasteiger charge is -2.25. The van der Waals surface area contributed by atoms with Gasteiger partial charge in [0.1, 0.15) is 0 Å². The number of rotatable bonds is 12. The van der Waals surface area contributed by atoms with E-state index in [4.69, 9.17) is 0 Å². The third kappa shape index (κ3) is 11.2. The first-order valence-corrected chi connectivity index (χ1v) is 32.3. The van der Waals surface area contributed by atoms with Crippen molar-refractivity contribution >= 4 is 134 Å². The summed E-state index contributed by atoms with van der Waals surface area (Å²) in [6.45, 7) is 0. The summed E-state index contributed by atoms with van der Waals surface area (Å²) in [4.78, 5) is 4.55. The van der Waals surface area contributed by atoms with Gasteiger partial charge in [0.25, 0.3) is 0 Å². The summed E-state index contributed by atoms with van der Waals surface area (Å²) in [6.07, 6.45) is 8.66. The van der Waals surface area contributed by atoms with Crippen LogP contribution < -0.4 is 9.80 Å². The van der Waals surface area contributed by atoms with Gasteiger partial charge >= 0.3 is 0 Å². The van der Waals surface area contributed by atoms with E-state index in [0.717, 1.165) is 56.4 Å². The standard InChI is InChI=1S/C46H36N2.C46H28/c1-5-13-41(14-6-1)47(42-15-7-2-8-16-42)45-33-29-39(30-34-45)27-25-37-21-23-38(24-22-37)26-28-40-31-35-46(36-32-40)48(43-17-9-3-10-18-43)44-19-11-4-12-20-44;1-3-15-32-29(13-1)25-42(36-19-7-5-17-34(32)36)44-27-31-28-45(39-22-10-12-24-41(39)46(31)40-23-11-9-21-38(40)44)43-26-30-14-2-4-16-33(30)35-18-6-8-20-37(35)43/h1-36H;1-28H/b27-25+,28-26+;. The molecule has 0 atom stereocenters. The second-order valence-electron chi connectivity index (χ2n) is 23.9. The first-order valence-electron chi connectivity index (χ1n) is 32.3. The first-order chi connectivity index (χ1) is 46.6.